The van der Waals surface area contributed by atoms with Crippen LogP contribution in [-0.2, 0) is 0 Å². The zero-order valence-corrected chi connectivity index (χ0v) is 29.5. The molecule has 0 fully saturated rings. The maximum absolute atomic E-state index is 2.41. The molecule has 0 bridgehead atoms. The standard InChI is InChI=1S/C48H32N2Se/c1-3-11-33(12-4-1)34-19-24-38(25-20-34)49(40-28-29-43-42-16-8-10-18-47(42)51-48(43)32-40)39-26-21-35(22-27-39)36-23-30-46-44(31-36)41-15-7-9-17-45(41)50(46)37-13-5-2-6-14-37/h1-32H. The van der Waals surface area contributed by atoms with Crippen molar-refractivity contribution >= 4 is 72.7 Å². The molecule has 51 heavy (non-hydrogen) atoms. The van der Waals surface area contributed by atoms with Crippen LogP contribution >= 0.6 is 0 Å². The summed E-state index contributed by atoms with van der Waals surface area (Å²) in [5, 5.41) is 5.27. The van der Waals surface area contributed by atoms with Gasteiger partial charge in [-0.15, -0.1) is 0 Å². The van der Waals surface area contributed by atoms with Crippen molar-refractivity contribution in [2.45, 2.75) is 0 Å². The molecule has 0 unspecified atom stereocenters. The summed E-state index contributed by atoms with van der Waals surface area (Å²) in [6.45, 7) is 0. The third kappa shape index (κ3) is 5.18. The van der Waals surface area contributed by atoms with Gasteiger partial charge in [0.25, 0.3) is 0 Å². The Balaban J connectivity index is 1.07. The van der Waals surface area contributed by atoms with Crippen LogP contribution in [-0.4, -0.2) is 19.1 Å². The van der Waals surface area contributed by atoms with Gasteiger partial charge >= 0.3 is 234 Å². The average Bonchev–Trinajstić information content (AvgIpc) is 3.74. The fraction of sp³-hybridized carbons (Fsp3) is 0. The van der Waals surface area contributed by atoms with E-state index in [-0.39, 0.29) is 14.5 Å². The van der Waals surface area contributed by atoms with Gasteiger partial charge in [-0.05, 0) is 18.2 Å². The molecule has 10 aromatic rings. The number of rotatable bonds is 6. The number of aromatic nitrogens is 1. The average molecular weight is 716 g/mol. The van der Waals surface area contributed by atoms with Gasteiger partial charge in [-0.1, -0.05) is 36.4 Å². The van der Waals surface area contributed by atoms with Crippen LogP contribution in [0.5, 0.6) is 0 Å². The van der Waals surface area contributed by atoms with Gasteiger partial charge in [0.15, 0.2) is 0 Å². The first-order valence-corrected chi connectivity index (χ1v) is 19.1. The molecule has 3 heteroatoms. The quantitative estimate of drug-likeness (QED) is 0.156. The first kappa shape index (κ1) is 29.8. The van der Waals surface area contributed by atoms with Crippen molar-refractivity contribution in [2.75, 3.05) is 4.90 Å². The third-order valence-corrected chi connectivity index (χ3v) is 12.4. The van der Waals surface area contributed by atoms with E-state index in [1.165, 1.54) is 74.7 Å². The Hall–Kier alpha value is -6.12. The first-order valence-electron chi connectivity index (χ1n) is 17.3. The Bertz CT molecular complexity index is 2830. The molecule has 0 amide bonds. The van der Waals surface area contributed by atoms with Gasteiger partial charge in [0.05, 0.1) is 5.52 Å². The first-order chi connectivity index (χ1) is 25.3. The van der Waals surface area contributed by atoms with Crippen LogP contribution in [0.4, 0.5) is 17.1 Å². The normalized spacial score (nSPS) is 11.5. The van der Waals surface area contributed by atoms with Gasteiger partial charge < -0.3 is 4.57 Å². The number of hydrogen-bond donors (Lipinski definition) is 0. The van der Waals surface area contributed by atoms with Crippen LogP contribution in [0.2, 0.25) is 0 Å². The summed E-state index contributed by atoms with van der Waals surface area (Å²) in [7, 11) is 0. The van der Waals surface area contributed by atoms with Crippen molar-refractivity contribution in [3.63, 3.8) is 0 Å². The van der Waals surface area contributed by atoms with Crippen molar-refractivity contribution in [1.82, 2.24) is 4.57 Å². The van der Waals surface area contributed by atoms with E-state index in [0.29, 0.717) is 0 Å². The summed E-state index contributed by atoms with van der Waals surface area (Å²) in [4.78, 5) is 2.40. The van der Waals surface area contributed by atoms with Crippen molar-refractivity contribution in [2.24, 2.45) is 0 Å². The monoisotopic (exact) mass is 716 g/mol. The van der Waals surface area contributed by atoms with Crippen molar-refractivity contribution < 1.29 is 0 Å². The summed E-state index contributed by atoms with van der Waals surface area (Å²) >= 11 is 0.289. The van der Waals surface area contributed by atoms with Crippen LogP contribution < -0.4 is 4.90 Å². The Morgan fingerprint density at radius 1 is 0.333 bits per heavy atom. The number of hydrogen-bond acceptors (Lipinski definition) is 1. The molecular weight excluding hydrogens is 684 g/mol. The molecule has 0 atom stereocenters. The minimum atomic E-state index is 0.289. The number of nitrogens with zero attached hydrogens (tertiary/aromatic N) is 2. The second-order valence-corrected chi connectivity index (χ2v) is 15.3. The van der Waals surface area contributed by atoms with E-state index in [9.17, 15) is 0 Å². The van der Waals surface area contributed by atoms with E-state index in [1.807, 2.05) is 0 Å². The van der Waals surface area contributed by atoms with Crippen LogP contribution in [0.25, 0.3) is 69.0 Å². The molecule has 0 saturated heterocycles. The van der Waals surface area contributed by atoms with Crippen LogP contribution in [0.15, 0.2) is 194 Å². The van der Waals surface area contributed by atoms with Gasteiger partial charge in [-0.2, -0.15) is 0 Å². The Morgan fingerprint density at radius 2 is 0.863 bits per heavy atom. The Kier molecular flexibility index (Phi) is 7.20. The van der Waals surface area contributed by atoms with E-state index < -0.39 is 0 Å². The Morgan fingerprint density at radius 3 is 1.61 bits per heavy atom. The molecular formula is C48H32N2Se. The molecule has 0 aliphatic rings. The van der Waals surface area contributed by atoms with Crippen molar-refractivity contribution in [3.05, 3.63) is 194 Å². The molecule has 10 rings (SSSR count). The van der Waals surface area contributed by atoms with E-state index in [0.717, 1.165) is 11.4 Å². The molecule has 0 spiro atoms. The molecule has 240 valence electrons. The minimum absolute atomic E-state index is 0.289. The summed E-state index contributed by atoms with van der Waals surface area (Å²) < 4.78 is 5.27. The van der Waals surface area contributed by atoms with Crippen LogP contribution in [0.3, 0.4) is 0 Å². The predicted octanol–water partition coefficient (Wildman–Crippen LogP) is 13.0. The van der Waals surface area contributed by atoms with Gasteiger partial charge in [0.2, 0.25) is 0 Å². The predicted molar refractivity (Wildman–Crippen MR) is 218 cm³/mol. The van der Waals surface area contributed by atoms with E-state index in [4.69, 9.17) is 0 Å². The second kappa shape index (κ2) is 12.3. The molecule has 2 aromatic heterocycles. The number of benzene rings is 8. The number of para-hydroxylation sites is 2. The molecule has 8 aromatic carbocycles. The van der Waals surface area contributed by atoms with E-state index >= 15 is 0 Å². The van der Waals surface area contributed by atoms with Gasteiger partial charge in [0.1, 0.15) is 0 Å². The summed E-state index contributed by atoms with van der Waals surface area (Å²) in [6.07, 6.45) is 0. The van der Waals surface area contributed by atoms with E-state index in [2.05, 4.69) is 204 Å². The van der Waals surface area contributed by atoms with Gasteiger partial charge in [-0.3, -0.25) is 0 Å². The van der Waals surface area contributed by atoms with E-state index in [1.54, 1.807) is 0 Å². The molecule has 0 radical (unpaired) electrons. The third-order valence-electron chi connectivity index (χ3n) is 10.00. The zero-order valence-electron chi connectivity index (χ0n) is 27.8. The summed E-state index contributed by atoms with van der Waals surface area (Å²) in [5.74, 6) is 0. The fourth-order valence-corrected chi connectivity index (χ4v) is 9.94. The summed E-state index contributed by atoms with van der Waals surface area (Å²) in [5.41, 5.74) is 11.9. The molecule has 0 N–H and O–H groups in total. The fourth-order valence-electron chi connectivity index (χ4n) is 7.55. The summed E-state index contributed by atoms with van der Waals surface area (Å²) in [6, 6.07) is 70.8. The maximum atomic E-state index is 2.41. The van der Waals surface area contributed by atoms with Gasteiger partial charge in [0, 0.05) is 5.69 Å². The molecule has 0 aliphatic carbocycles. The zero-order chi connectivity index (χ0) is 33.7. The van der Waals surface area contributed by atoms with Crippen molar-refractivity contribution in [3.8, 4) is 27.9 Å². The van der Waals surface area contributed by atoms with Gasteiger partial charge in [-0.25, -0.2) is 0 Å². The molecule has 0 aliphatic heterocycles. The molecule has 2 heterocycles. The van der Waals surface area contributed by atoms with Crippen LogP contribution in [0.1, 0.15) is 0 Å². The number of fused-ring (bicyclic) bond motifs is 6. The molecule has 2 nitrogen and oxygen atoms in total. The SMILES string of the molecule is c1ccc(-c2ccc(N(c3ccc(-c4ccc5c(c4)c4ccccc4n5-c4ccccc4)cc3)c3ccc4c(c3)[se]c3ccccc34)cc2)cc1. The van der Waals surface area contributed by atoms with Crippen LogP contribution in [0, 0.1) is 0 Å². The second-order valence-electron chi connectivity index (χ2n) is 13.0. The Labute approximate surface area is 302 Å². The number of anilines is 3. The topological polar surface area (TPSA) is 8.17 Å². The molecule has 0 saturated carbocycles. The van der Waals surface area contributed by atoms with Crippen molar-refractivity contribution in [1.29, 1.82) is 0 Å².